The summed E-state index contributed by atoms with van der Waals surface area (Å²) in [6.07, 6.45) is 9.14. The van der Waals surface area contributed by atoms with Gasteiger partial charge in [0.15, 0.2) is 11.6 Å². The Labute approximate surface area is 118 Å². The van der Waals surface area contributed by atoms with Crippen LogP contribution < -0.4 is 0 Å². The first kappa shape index (κ1) is 18.1. The molecule has 0 amide bonds. The van der Waals surface area contributed by atoms with E-state index in [1.165, 1.54) is 38.7 Å². The normalized spacial score (nSPS) is 12.6. The van der Waals surface area contributed by atoms with Crippen molar-refractivity contribution in [2.45, 2.75) is 79.6 Å². The molecule has 0 heterocycles. The van der Waals surface area contributed by atoms with E-state index >= 15 is 0 Å². The topological polar surface area (TPSA) is 34.1 Å². The van der Waals surface area contributed by atoms with Crippen LogP contribution in [0.3, 0.4) is 0 Å². The van der Waals surface area contributed by atoms with E-state index in [1.807, 2.05) is 20.8 Å². The minimum absolute atomic E-state index is 0.0405. The van der Waals surface area contributed by atoms with Crippen LogP contribution in [-0.4, -0.2) is 11.6 Å². The zero-order valence-corrected chi connectivity index (χ0v) is 13.3. The summed E-state index contributed by atoms with van der Waals surface area (Å²) in [5.74, 6) is 0.0967. The van der Waals surface area contributed by atoms with Crippen molar-refractivity contribution >= 4 is 11.6 Å². The van der Waals surface area contributed by atoms with Gasteiger partial charge in [0.1, 0.15) is 0 Å². The van der Waals surface area contributed by atoms with Gasteiger partial charge in [-0.1, -0.05) is 59.8 Å². The highest BCUT2D eigenvalue weighted by Crippen LogP contribution is 2.27. The highest BCUT2D eigenvalue weighted by Gasteiger charge is 2.23. The van der Waals surface area contributed by atoms with E-state index < -0.39 is 0 Å². The van der Waals surface area contributed by atoms with Crippen LogP contribution in [0.25, 0.3) is 0 Å². The van der Waals surface area contributed by atoms with Gasteiger partial charge in [0.25, 0.3) is 0 Å². The summed E-state index contributed by atoms with van der Waals surface area (Å²) in [7, 11) is 0. The zero-order chi connectivity index (χ0) is 14.9. The summed E-state index contributed by atoms with van der Waals surface area (Å²) in [6, 6.07) is 0. The van der Waals surface area contributed by atoms with E-state index in [4.69, 9.17) is 0 Å². The first-order valence-electron chi connectivity index (χ1n) is 7.55. The maximum Gasteiger partial charge on any atom is 0.159 e. The van der Waals surface area contributed by atoms with Crippen LogP contribution in [0.2, 0.25) is 0 Å². The number of allylic oxidation sites excluding steroid dienone is 2. The lowest BCUT2D eigenvalue weighted by atomic mass is 9.82. The fraction of sp³-hybridized carbons (Fsp3) is 0.765. The molecule has 0 spiro atoms. The van der Waals surface area contributed by atoms with E-state index in [0.29, 0.717) is 12.0 Å². The zero-order valence-electron chi connectivity index (χ0n) is 13.3. The second-order valence-electron chi connectivity index (χ2n) is 6.36. The number of rotatable bonds is 9. The Morgan fingerprint density at radius 1 is 0.947 bits per heavy atom. The minimum atomic E-state index is -0.245. The third kappa shape index (κ3) is 8.74. The third-order valence-corrected chi connectivity index (χ3v) is 3.21. The second-order valence-corrected chi connectivity index (χ2v) is 6.36. The lowest BCUT2D eigenvalue weighted by molar-refractivity contribution is -0.117. The predicted octanol–water partition coefficient (Wildman–Crippen LogP) is 4.87. The summed E-state index contributed by atoms with van der Waals surface area (Å²) >= 11 is 0. The Morgan fingerprint density at radius 2 is 1.47 bits per heavy atom. The van der Waals surface area contributed by atoms with E-state index in [1.54, 1.807) is 0 Å². The molecule has 0 bridgehead atoms. The maximum atomic E-state index is 12.2. The first-order chi connectivity index (χ1) is 8.79. The Bertz CT molecular complexity index is 319. The van der Waals surface area contributed by atoms with Crippen molar-refractivity contribution in [1.82, 2.24) is 0 Å². The molecule has 19 heavy (non-hydrogen) atoms. The van der Waals surface area contributed by atoms with Crippen molar-refractivity contribution in [3.8, 4) is 0 Å². The van der Waals surface area contributed by atoms with Crippen LogP contribution in [0.4, 0.5) is 0 Å². The van der Waals surface area contributed by atoms with Gasteiger partial charge < -0.3 is 0 Å². The monoisotopic (exact) mass is 266 g/mol. The number of unbranched alkanes of at least 4 members (excludes halogenated alkanes) is 5. The van der Waals surface area contributed by atoms with Gasteiger partial charge in [0.2, 0.25) is 0 Å². The SMILES string of the molecule is CCCCCCCCC(=O)/C(=C\C(C)=O)C(C)(C)C. The van der Waals surface area contributed by atoms with Crippen molar-refractivity contribution in [3.05, 3.63) is 11.6 Å². The van der Waals surface area contributed by atoms with Gasteiger partial charge in [-0.15, -0.1) is 0 Å². The largest absolute Gasteiger partial charge is 0.295 e. The van der Waals surface area contributed by atoms with Crippen molar-refractivity contribution in [2.75, 3.05) is 0 Å². The highest BCUT2D eigenvalue weighted by atomic mass is 16.1. The number of hydrogen-bond donors (Lipinski definition) is 0. The van der Waals surface area contributed by atoms with Gasteiger partial charge in [-0.2, -0.15) is 0 Å². The molecular formula is C17H30O2. The van der Waals surface area contributed by atoms with Gasteiger partial charge in [-0.25, -0.2) is 0 Å². The Kier molecular flexibility index (Phi) is 8.62. The molecule has 2 nitrogen and oxygen atoms in total. The number of carbonyl (C=O) groups is 2. The average Bonchev–Trinajstić information content (AvgIpc) is 2.28. The van der Waals surface area contributed by atoms with Crippen molar-refractivity contribution in [1.29, 1.82) is 0 Å². The van der Waals surface area contributed by atoms with E-state index in [-0.39, 0.29) is 17.0 Å². The molecule has 0 aliphatic carbocycles. The summed E-state index contributed by atoms with van der Waals surface area (Å²) in [5, 5.41) is 0. The number of ketones is 2. The molecule has 0 aromatic rings. The van der Waals surface area contributed by atoms with Crippen molar-refractivity contribution < 1.29 is 9.59 Å². The van der Waals surface area contributed by atoms with Gasteiger partial charge in [0.05, 0.1) is 0 Å². The fourth-order valence-electron chi connectivity index (χ4n) is 2.12. The highest BCUT2D eigenvalue weighted by molar-refractivity contribution is 6.02. The predicted molar refractivity (Wildman–Crippen MR) is 81.2 cm³/mol. The molecule has 110 valence electrons. The maximum absolute atomic E-state index is 12.2. The molecular weight excluding hydrogens is 236 g/mol. The molecule has 0 atom stereocenters. The molecule has 0 N–H and O–H groups in total. The number of carbonyl (C=O) groups excluding carboxylic acids is 2. The molecule has 0 aliphatic rings. The summed E-state index contributed by atoms with van der Waals surface area (Å²) in [4.78, 5) is 23.4. The fourth-order valence-corrected chi connectivity index (χ4v) is 2.12. The second kappa shape index (κ2) is 9.06. The molecule has 0 aliphatic heterocycles. The Hall–Kier alpha value is -0.920. The lowest BCUT2D eigenvalue weighted by Crippen LogP contribution is -2.19. The van der Waals surface area contributed by atoms with Gasteiger partial charge >= 0.3 is 0 Å². The quantitative estimate of drug-likeness (QED) is 0.441. The first-order valence-corrected chi connectivity index (χ1v) is 7.55. The minimum Gasteiger partial charge on any atom is -0.295 e. The van der Waals surface area contributed by atoms with Crippen LogP contribution in [-0.2, 0) is 9.59 Å². The van der Waals surface area contributed by atoms with Crippen LogP contribution in [0.15, 0.2) is 11.6 Å². The smallest absolute Gasteiger partial charge is 0.159 e. The number of Topliss-reactive ketones (excluding diaryl/α,β-unsaturated/α-hetero) is 1. The van der Waals surface area contributed by atoms with Crippen molar-refractivity contribution in [3.63, 3.8) is 0 Å². The van der Waals surface area contributed by atoms with Gasteiger partial charge in [-0.3, -0.25) is 9.59 Å². The Morgan fingerprint density at radius 3 is 1.95 bits per heavy atom. The molecule has 0 unspecified atom stereocenters. The van der Waals surface area contributed by atoms with E-state index in [9.17, 15) is 9.59 Å². The van der Waals surface area contributed by atoms with Crippen LogP contribution in [0, 0.1) is 5.41 Å². The molecule has 0 saturated heterocycles. The van der Waals surface area contributed by atoms with Crippen LogP contribution in [0.1, 0.15) is 79.6 Å². The molecule has 0 rings (SSSR count). The van der Waals surface area contributed by atoms with Gasteiger partial charge in [0, 0.05) is 12.0 Å². The summed E-state index contributed by atoms with van der Waals surface area (Å²) < 4.78 is 0. The summed E-state index contributed by atoms with van der Waals surface area (Å²) in [6.45, 7) is 9.66. The average molecular weight is 266 g/mol. The standard InChI is InChI=1S/C17H30O2/c1-6-7-8-9-10-11-12-16(19)15(13-14(2)18)17(3,4)5/h13H,6-12H2,1-5H3/b15-13+. The number of hydrogen-bond acceptors (Lipinski definition) is 2. The lowest BCUT2D eigenvalue weighted by Gasteiger charge is -2.21. The van der Waals surface area contributed by atoms with E-state index in [2.05, 4.69) is 6.92 Å². The van der Waals surface area contributed by atoms with Gasteiger partial charge in [-0.05, 0) is 24.8 Å². The molecule has 0 fully saturated rings. The summed E-state index contributed by atoms with van der Waals surface area (Å²) in [5.41, 5.74) is 0.430. The van der Waals surface area contributed by atoms with Crippen LogP contribution in [0.5, 0.6) is 0 Å². The van der Waals surface area contributed by atoms with E-state index in [0.717, 1.165) is 12.8 Å². The van der Waals surface area contributed by atoms with Crippen molar-refractivity contribution in [2.24, 2.45) is 5.41 Å². The molecule has 0 aromatic carbocycles. The molecule has 0 saturated carbocycles. The molecule has 0 radical (unpaired) electrons. The molecule has 0 aromatic heterocycles. The van der Waals surface area contributed by atoms with Crippen LogP contribution >= 0.6 is 0 Å². The third-order valence-electron chi connectivity index (χ3n) is 3.21. The molecule has 2 heteroatoms. The Balaban J connectivity index is 4.25.